The first-order chi connectivity index (χ1) is 12.0. The second-order valence-electron chi connectivity index (χ2n) is 4.99. The second-order valence-corrected chi connectivity index (χ2v) is 4.99. The smallest absolute Gasteiger partial charge is 0.338 e. The monoisotopic (exact) mass is 366 g/mol. The van der Waals surface area contributed by atoms with Gasteiger partial charge in [-0.05, 0) is 35.4 Å². The van der Waals surface area contributed by atoms with Crippen molar-refractivity contribution in [1.82, 2.24) is 0 Å². The van der Waals surface area contributed by atoms with Gasteiger partial charge in [0.15, 0.2) is 11.6 Å². The number of rotatable bonds is 5. The SMILES string of the molecule is O=C(O)c1cc(-c2cc(C(=O)O)c(F)c(C(=O)O)c2)cc(C(=O)O)c1F. The molecule has 0 saturated heterocycles. The lowest BCUT2D eigenvalue weighted by Gasteiger charge is -2.10. The summed E-state index contributed by atoms with van der Waals surface area (Å²) in [4.78, 5) is 44.4. The Bertz CT molecular complexity index is 831. The molecule has 8 nitrogen and oxygen atoms in total. The molecular weight excluding hydrogens is 358 g/mol. The third kappa shape index (κ3) is 3.20. The van der Waals surface area contributed by atoms with Gasteiger partial charge in [0.25, 0.3) is 0 Å². The fraction of sp³-hybridized carbons (Fsp3) is 0. The van der Waals surface area contributed by atoms with E-state index in [0.29, 0.717) is 24.3 Å². The van der Waals surface area contributed by atoms with Crippen molar-refractivity contribution in [2.75, 3.05) is 0 Å². The van der Waals surface area contributed by atoms with Gasteiger partial charge in [0, 0.05) is 0 Å². The molecule has 10 heteroatoms. The highest BCUT2D eigenvalue weighted by molar-refractivity contribution is 5.99. The molecule has 0 atom stereocenters. The maximum Gasteiger partial charge on any atom is 0.338 e. The van der Waals surface area contributed by atoms with Crippen LogP contribution in [0.4, 0.5) is 8.78 Å². The topological polar surface area (TPSA) is 149 Å². The number of hydrogen-bond donors (Lipinski definition) is 4. The lowest BCUT2D eigenvalue weighted by molar-refractivity contribution is 0.0665. The van der Waals surface area contributed by atoms with Crippen LogP contribution in [0.15, 0.2) is 24.3 Å². The summed E-state index contributed by atoms with van der Waals surface area (Å²) < 4.78 is 27.9. The van der Waals surface area contributed by atoms with E-state index in [-0.39, 0.29) is 11.1 Å². The van der Waals surface area contributed by atoms with Gasteiger partial charge in [0.05, 0.1) is 22.3 Å². The molecule has 0 radical (unpaired) electrons. The Labute approximate surface area is 142 Å². The van der Waals surface area contributed by atoms with Gasteiger partial charge in [-0.3, -0.25) is 0 Å². The van der Waals surface area contributed by atoms with Crippen LogP contribution in [-0.2, 0) is 0 Å². The normalized spacial score (nSPS) is 10.4. The van der Waals surface area contributed by atoms with Gasteiger partial charge < -0.3 is 20.4 Å². The van der Waals surface area contributed by atoms with E-state index in [1.165, 1.54) is 0 Å². The third-order valence-electron chi connectivity index (χ3n) is 3.40. The van der Waals surface area contributed by atoms with Crippen LogP contribution in [0.3, 0.4) is 0 Å². The van der Waals surface area contributed by atoms with Gasteiger partial charge in [0.2, 0.25) is 0 Å². The molecule has 0 aliphatic heterocycles. The molecule has 0 spiro atoms. The van der Waals surface area contributed by atoms with Crippen LogP contribution in [0.25, 0.3) is 11.1 Å². The van der Waals surface area contributed by atoms with E-state index in [1.54, 1.807) is 0 Å². The van der Waals surface area contributed by atoms with E-state index in [2.05, 4.69) is 0 Å². The zero-order chi connectivity index (χ0) is 19.8. The summed E-state index contributed by atoms with van der Waals surface area (Å²) in [5, 5.41) is 36.0. The summed E-state index contributed by atoms with van der Waals surface area (Å²) >= 11 is 0. The Kier molecular flexibility index (Phi) is 4.69. The predicted molar refractivity (Wildman–Crippen MR) is 79.6 cm³/mol. The molecule has 0 amide bonds. The summed E-state index contributed by atoms with van der Waals surface area (Å²) in [6.45, 7) is 0. The minimum atomic E-state index is -1.80. The number of carbonyl (C=O) groups is 4. The standard InChI is InChI=1S/C16H8F2O8/c17-11-7(13(19)20)1-5(2-8(11)14(21)22)6-3-9(15(23)24)12(18)10(4-6)16(25)26/h1-4H,(H,19,20)(H,21,22)(H,23,24)(H,25,26). The highest BCUT2D eigenvalue weighted by Crippen LogP contribution is 2.29. The molecular formula is C16H8F2O8. The predicted octanol–water partition coefficient (Wildman–Crippen LogP) is 2.42. The number of carboxylic acid groups (broad SMARTS) is 4. The first-order valence-electron chi connectivity index (χ1n) is 6.65. The first-order valence-corrected chi connectivity index (χ1v) is 6.65. The maximum absolute atomic E-state index is 13.9. The Morgan fingerprint density at radius 1 is 0.538 bits per heavy atom. The van der Waals surface area contributed by atoms with E-state index < -0.39 is 57.8 Å². The number of hydrogen-bond acceptors (Lipinski definition) is 4. The Morgan fingerprint density at radius 3 is 0.885 bits per heavy atom. The molecule has 2 aromatic carbocycles. The Hall–Kier alpha value is -3.82. The fourth-order valence-electron chi connectivity index (χ4n) is 2.20. The molecule has 26 heavy (non-hydrogen) atoms. The average Bonchev–Trinajstić information content (AvgIpc) is 2.54. The molecule has 0 bridgehead atoms. The van der Waals surface area contributed by atoms with Gasteiger partial charge in [-0.2, -0.15) is 0 Å². The van der Waals surface area contributed by atoms with Crippen molar-refractivity contribution >= 4 is 23.9 Å². The van der Waals surface area contributed by atoms with Gasteiger partial charge in [-0.25, -0.2) is 28.0 Å². The van der Waals surface area contributed by atoms with Crippen LogP contribution >= 0.6 is 0 Å². The van der Waals surface area contributed by atoms with Crippen LogP contribution in [0, 0.1) is 11.6 Å². The van der Waals surface area contributed by atoms with Crippen LogP contribution in [0.1, 0.15) is 41.4 Å². The molecule has 2 rings (SSSR count). The molecule has 134 valence electrons. The lowest BCUT2D eigenvalue weighted by Crippen LogP contribution is -2.11. The molecule has 0 aliphatic rings. The van der Waals surface area contributed by atoms with Crippen molar-refractivity contribution in [3.63, 3.8) is 0 Å². The molecule has 0 saturated carbocycles. The van der Waals surface area contributed by atoms with Crippen molar-refractivity contribution in [3.8, 4) is 11.1 Å². The zero-order valence-electron chi connectivity index (χ0n) is 12.5. The Morgan fingerprint density at radius 2 is 0.731 bits per heavy atom. The first kappa shape index (κ1) is 18.5. The van der Waals surface area contributed by atoms with E-state index in [1.807, 2.05) is 0 Å². The quantitative estimate of drug-likeness (QED) is 0.630. The minimum Gasteiger partial charge on any atom is -0.478 e. The van der Waals surface area contributed by atoms with E-state index in [9.17, 15) is 28.0 Å². The average molecular weight is 366 g/mol. The maximum atomic E-state index is 13.9. The van der Waals surface area contributed by atoms with E-state index in [4.69, 9.17) is 20.4 Å². The van der Waals surface area contributed by atoms with Gasteiger partial charge in [0.1, 0.15) is 0 Å². The molecule has 4 N–H and O–H groups in total. The van der Waals surface area contributed by atoms with Gasteiger partial charge in [-0.15, -0.1) is 0 Å². The third-order valence-corrected chi connectivity index (χ3v) is 3.40. The molecule has 0 aromatic heterocycles. The highest BCUT2D eigenvalue weighted by Gasteiger charge is 2.24. The molecule has 2 aromatic rings. The van der Waals surface area contributed by atoms with Crippen LogP contribution < -0.4 is 0 Å². The van der Waals surface area contributed by atoms with Gasteiger partial charge in [-0.1, -0.05) is 0 Å². The number of carboxylic acids is 4. The van der Waals surface area contributed by atoms with E-state index in [0.717, 1.165) is 0 Å². The second kappa shape index (κ2) is 6.59. The number of aromatic carboxylic acids is 4. The number of halogens is 2. The summed E-state index contributed by atoms with van der Waals surface area (Å²) in [5.41, 5.74) is -4.75. The van der Waals surface area contributed by atoms with Crippen molar-refractivity contribution < 1.29 is 48.4 Å². The highest BCUT2D eigenvalue weighted by atomic mass is 19.1. The van der Waals surface area contributed by atoms with Crippen LogP contribution in [-0.4, -0.2) is 44.3 Å². The summed E-state index contributed by atoms with van der Waals surface area (Å²) in [7, 11) is 0. The lowest BCUT2D eigenvalue weighted by atomic mass is 9.95. The number of benzene rings is 2. The summed E-state index contributed by atoms with van der Waals surface area (Å²) in [6.07, 6.45) is 0. The molecule has 0 aliphatic carbocycles. The molecule has 0 unspecified atom stereocenters. The van der Waals surface area contributed by atoms with Crippen LogP contribution in [0.2, 0.25) is 0 Å². The van der Waals surface area contributed by atoms with Crippen molar-refractivity contribution in [2.45, 2.75) is 0 Å². The molecule has 0 fully saturated rings. The summed E-state index contributed by atoms with van der Waals surface area (Å²) in [5.74, 6) is -10.3. The Balaban J connectivity index is 2.87. The van der Waals surface area contributed by atoms with E-state index >= 15 is 0 Å². The molecule has 0 heterocycles. The van der Waals surface area contributed by atoms with Crippen LogP contribution in [0.5, 0.6) is 0 Å². The van der Waals surface area contributed by atoms with Crippen molar-refractivity contribution in [3.05, 3.63) is 58.2 Å². The van der Waals surface area contributed by atoms with Gasteiger partial charge >= 0.3 is 23.9 Å². The van der Waals surface area contributed by atoms with Crippen molar-refractivity contribution in [1.29, 1.82) is 0 Å². The minimum absolute atomic E-state index is 0.314. The zero-order valence-corrected chi connectivity index (χ0v) is 12.5. The largest absolute Gasteiger partial charge is 0.478 e. The fourth-order valence-corrected chi connectivity index (χ4v) is 2.20. The van der Waals surface area contributed by atoms with Crippen molar-refractivity contribution in [2.24, 2.45) is 0 Å². The summed E-state index contributed by atoms with van der Waals surface area (Å²) in [6, 6.07) is 2.76.